The van der Waals surface area contributed by atoms with Gasteiger partial charge in [0, 0.05) is 6.07 Å². The first kappa shape index (κ1) is 14.4. The standard InChI is InChI=1S/C12H16F2N2O2/c1-6(2)11(5-17)16-12(18)7-3-10(15)9(14)4-8(7)13/h3-4,6,11,17H,5,15H2,1-2H3,(H,16,18). The summed E-state index contributed by atoms with van der Waals surface area (Å²) in [5, 5.41) is 11.5. The third kappa shape index (κ3) is 3.16. The molecular weight excluding hydrogens is 242 g/mol. The molecule has 1 rings (SSSR count). The summed E-state index contributed by atoms with van der Waals surface area (Å²) >= 11 is 0. The summed E-state index contributed by atoms with van der Waals surface area (Å²) < 4.78 is 26.4. The zero-order valence-electron chi connectivity index (χ0n) is 10.2. The fourth-order valence-electron chi connectivity index (χ4n) is 1.41. The van der Waals surface area contributed by atoms with Crippen LogP contribution in [0, 0.1) is 17.6 Å². The second-order valence-electron chi connectivity index (χ2n) is 4.36. The third-order valence-electron chi connectivity index (χ3n) is 2.65. The number of anilines is 1. The maximum Gasteiger partial charge on any atom is 0.254 e. The van der Waals surface area contributed by atoms with Crippen molar-refractivity contribution in [3.63, 3.8) is 0 Å². The molecular formula is C12H16F2N2O2. The van der Waals surface area contributed by atoms with Crippen molar-refractivity contribution in [2.75, 3.05) is 12.3 Å². The molecule has 0 saturated heterocycles. The minimum Gasteiger partial charge on any atom is -0.396 e. The summed E-state index contributed by atoms with van der Waals surface area (Å²) in [7, 11) is 0. The lowest BCUT2D eigenvalue weighted by molar-refractivity contribution is 0.0892. The van der Waals surface area contributed by atoms with Crippen LogP contribution in [0.3, 0.4) is 0 Å². The molecule has 0 aromatic heterocycles. The molecule has 18 heavy (non-hydrogen) atoms. The van der Waals surface area contributed by atoms with Crippen LogP contribution in [0.15, 0.2) is 12.1 Å². The molecule has 4 N–H and O–H groups in total. The van der Waals surface area contributed by atoms with Crippen LogP contribution in [0.5, 0.6) is 0 Å². The summed E-state index contributed by atoms with van der Waals surface area (Å²) in [6, 6.07) is 1.01. The molecule has 6 heteroatoms. The Morgan fingerprint density at radius 2 is 2.00 bits per heavy atom. The zero-order chi connectivity index (χ0) is 13.9. The quantitative estimate of drug-likeness (QED) is 0.712. The van der Waals surface area contributed by atoms with Gasteiger partial charge in [0.2, 0.25) is 0 Å². The van der Waals surface area contributed by atoms with Gasteiger partial charge in [-0.2, -0.15) is 0 Å². The topological polar surface area (TPSA) is 75.3 Å². The number of benzene rings is 1. The van der Waals surface area contributed by atoms with E-state index in [0.717, 1.165) is 6.07 Å². The molecule has 1 amide bonds. The molecule has 1 aromatic rings. The number of hydrogen-bond acceptors (Lipinski definition) is 3. The van der Waals surface area contributed by atoms with Crippen LogP contribution in [-0.4, -0.2) is 23.7 Å². The van der Waals surface area contributed by atoms with Crippen molar-refractivity contribution in [1.82, 2.24) is 5.32 Å². The van der Waals surface area contributed by atoms with Gasteiger partial charge in [-0.05, 0) is 12.0 Å². The van der Waals surface area contributed by atoms with E-state index in [9.17, 15) is 13.6 Å². The molecule has 0 radical (unpaired) electrons. The highest BCUT2D eigenvalue weighted by Crippen LogP contribution is 2.17. The largest absolute Gasteiger partial charge is 0.396 e. The monoisotopic (exact) mass is 258 g/mol. The van der Waals surface area contributed by atoms with Crippen molar-refractivity contribution in [1.29, 1.82) is 0 Å². The molecule has 1 atom stereocenters. The van der Waals surface area contributed by atoms with Gasteiger partial charge in [0.05, 0.1) is 23.9 Å². The first-order chi connectivity index (χ1) is 8.36. The number of nitrogens with two attached hydrogens (primary N) is 1. The fourth-order valence-corrected chi connectivity index (χ4v) is 1.41. The minimum absolute atomic E-state index is 0.0141. The summed E-state index contributed by atoms with van der Waals surface area (Å²) in [6.45, 7) is 3.34. The van der Waals surface area contributed by atoms with Crippen LogP contribution in [-0.2, 0) is 0 Å². The number of rotatable bonds is 4. The average molecular weight is 258 g/mol. The van der Waals surface area contributed by atoms with Crippen LogP contribution >= 0.6 is 0 Å². The molecule has 1 unspecified atom stereocenters. The Balaban J connectivity index is 2.94. The van der Waals surface area contributed by atoms with E-state index < -0.39 is 23.6 Å². The second-order valence-corrected chi connectivity index (χ2v) is 4.36. The van der Waals surface area contributed by atoms with E-state index in [4.69, 9.17) is 10.8 Å². The van der Waals surface area contributed by atoms with Crippen molar-refractivity contribution < 1.29 is 18.7 Å². The molecule has 0 saturated carbocycles. The van der Waals surface area contributed by atoms with Gasteiger partial charge in [-0.25, -0.2) is 8.78 Å². The zero-order valence-corrected chi connectivity index (χ0v) is 10.2. The van der Waals surface area contributed by atoms with Gasteiger partial charge in [-0.15, -0.1) is 0 Å². The van der Waals surface area contributed by atoms with E-state index in [1.807, 2.05) is 0 Å². The maximum atomic E-state index is 13.4. The molecule has 0 aliphatic heterocycles. The number of amides is 1. The number of halogens is 2. The van der Waals surface area contributed by atoms with Crippen LogP contribution < -0.4 is 11.1 Å². The highest BCUT2D eigenvalue weighted by atomic mass is 19.1. The Bertz CT molecular complexity index is 450. The predicted molar refractivity (Wildman–Crippen MR) is 63.9 cm³/mol. The molecule has 0 aliphatic rings. The molecule has 1 aromatic carbocycles. The van der Waals surface area contributed by atoms with Gasteiger partial charge in [0.15, 0.2) is 0 Å². The Morgan fingerprint density at radius 1 is 1.39 bits per heavy atom. The van der Waals surface area contributed by atoms with Gasteiger partial charge in [-0.3, -0.25) is 4.79 Å². The summed E-state index contributed by atoms with van der Waals surface area (Å²) in [4.78, 5) is 11.8. The Morgan fingerprint density at radius 3 is 2.50 bits per heavy atom. The fraction of sp³-hybridized carbons (Fsp3) is 0.417. The molecule has 0 aliphatic carbocycles. The third-order valence-corrected chi connectivity index (χ3v) is 2.65. The van der Waals surface area contributed by atoms with Gasteiger partial charge in [-0.1, -0.05) is 13.8 Å². The number of nitrogens with one attached hydrogen (secondary N) is 1. The van der Waals surface area contributed by atoms with Crippen LogP contribution in [0.4, 0.5) is 14.5 Å². The smallest absolute Gasteiger partial charge is 0.254 e. The number of aliphatic hydroxyl groups is 1. The minimum atomic E-state index is -0.986. The Hall–Kier alpha value is -1.69. The summed E-state index contributed by atoms with van der Waals surface area (Å²) in [5.41, 5.74) is 4.64. The van der Waals surface area contributed by atoms with Crippen molar-refractivity contribution >= 4 is 11.6 Å². The van der Waals surface area contributed by atoms with Crippen LogP contribution in [0.2, 0.25) is 0 Å². The number of carbonyl (C=O) groups is 1. The summed E-state index contributed by atoms with van der Waals surface area (Å²) in [6.07, 6.45) is 0. The maximum absolute atomic E-state index is 13.4. The van der Waals surface area contributed by atoms with Gasteiger partial charge in [0.1, 0.15) is 11.6 Å². The van der Waals surface area contributed by atoms with Crippen molar-refractivity contribution in [2.45, 2.75) is 19.9 Å². The lowest BCUT2D eigenvalue weighted by atomic mass is 10.0. The van der Waals surface area contributed by atoms with E-state index >= 15 is 0 Å². The second kappa shape index (κ2) is 5.77. The first-order valence-corrected chi connectivity index (χ1v) is 5.53. The van der Waals surface area contributed by atoms with E-state index in [2.05, 4.69) is 5.32 Å². The number of nitrogen functional groups attached to an aromatic ring is 1. The number of hydrogen-bond donors (Lipinski definition) is 3. The van der Waals surface area contributed by atoms with Crippen LogP contribution in [0.25, 0.3) is 0 Å². The number of carbonyl (C=O) groups excluding carboxylic acids is 1. The molecule has 0 heterocycles. The van der Waals surface area contributed by atoms with E-state index in [1.165, 1.54) is 0 Å². The van der Waals surface area contributed by atoms with E-state index in [0.29, 0.717) is 6.07 Å². The Labute approximate surface area is 104 Å². The van der Waals surface area contributed by atoms with Crippen LogP contribution in [0.1, 0.15) is 24.2 Å². The number of aliphatic hydroxyl groups excluding tert-OH is 1. The lowest BCUT2D eigenvalue weighted by Gasteiger charge is -2.20. The van der Waals surface area contributed by atoms with Crippen molar-refractivity contribution in [2.24, 2.45) is 5.92 Å². The normalized spacial score (nSPS) is 12.6. The van der Waals surface area contributed by atoms with Gasteiger partial charge in [0.25, 0.3) is 5.91 Å². The lowest BCUT2D eigenvalue weighted by Crippen LogP contribution is -2.41. The van der Waals surface area contributed by atoms with Gasteiger partial charge >= 0.3 is 0 Å². The van der Waals surface area contributed by atoms with Gasteiger partial charge < -0.3 is 16.2 Å². The van der Waals surface area contributed by atoms with Crippen molar-refractivity contribution in [3.8, 4) is 0 Å². The first-order valence-electron chi connectivity index (χ1n) is 5.53. The average Bonchev–Trinajstić information content (AvgIpc) is 2.29. The molecule has 0 spiro atoms. The van der Waals surface area contributed by atoms with E-state index in [-0.39, 0.29) is 23.8 Å². The molecule has 0 bridgehead atoms. The summed E-state index contributed by atoms with van der Waals surface area (Å²) in [5.74, 6) is -2.64. The molecule has 4 nitrogen and oxygen atoms in total. The SMILES string of the molecule is CC(C)C(CO)NC(=O)c1cc(N)c(F)cc1F. The predicted octanol–water partition coefficient (Wildman–Crippen LogP) is 1.29. The highest BCUT2D eigenvalue weighted by Gasteiger charge is 2.20. The highest BCUT2D eigenvalue weighted by molar-refractivity contribution is 5.95. The molecule has 100 valence electrons. The molecule has 0 fully saturated rings. The Kier molecular flexibility index (Phi) is 4.61. The van der Waals surface area contributed by atoms with E-state index in [1.54, 1.807) is 13.8 Å². The van der Waals surface area contributed by atoms with Crippen molar-refractivity contribution in [3.05, 3.63) is 29.3 Å².